The molecule has 3 nitrogen and oxygen atoms in total. The predicted octanol–water partition coefficient (Wildman–Crippen LogP) is 0.705. The molecule has 3 heteroatoms. The average molecular weight is 176 g/mol. The quantitative estimate of drug-likeness (QED) is 0.633. The zero-order valence-corrected chi connectivity index (χ0v) is 7.53. The number of rotatable bonds is 0. The van der Waals surface area contributed by atoms with E-state index in [1.165, 1.54) is 0 Å². The van der Waals surface area contributed by atoms with Gasteiger partial charge in [0.05, 0.1) is 12.6 Å². The lowest BCUT2D eigenvalue weighted by Crippen LogP contribution is -2.38. The number of benzene rings is 1. The van der Waals surface area contributed by atoms with Gasteiger partial charge in [-0.2, -0.15) is 0 Å². The summed E-state index contributed by atoms with van der Waals surface area (Å²) in [6.07, 6.45) is 0. The summed E-state index contributed by atoms with van der Waals surface area (Å²) in [6.45, 7) is 0.415. The van der Waals surface area contributed by atoms with Crippen LogP contribution in [0.3, 0.4) is 0 Å². The first kappa shape index (κ1) is 8.26. The maximum atomic E-state index is 11.4. The third kappa shape index (κ3) is 1.21. The van der Waals surface area contributed by atoms with Gasteiger partial charge in [0, 0.05) is 12.7 Å². The van der Waals surface area contributed by atoms with Gasteiger partial charge in [0.25, 0.3) is 0 Å². The summed E-state index contributed by atoms with van der Waals surface area (Å²) in [5.74, 6) is 0.0844. The van der Waals surface area contributed by atoms with Crippen molar-refractivity contribution in [2.45, 2.75) is 6.04 Å². The fraction of sp³-hybridized carbons (Fsp3) is 0.300. The number of hydrogen-bond donors (Lipinski definition) is 1. The van der Waals surface area contributed by atoms with E-state index >= 15 is 0 Å². The van der Waals surface area contributed by atoms with E-state index in [9.17, 15) is 4.79 Å². The van der Waals surface area contributed by atoms with Gasteiger partial charge in [-0.3, -0.25) is 4.79 Å². The molecule has 0 radical (unpaired) electrons. The van der Waals surface area contributed by atoms with E-state index in [1.807, 2.05) is 36.2 Å². The Kier molecular flexibility index (Phi) is 1.81. The topological polar surface area (TPSA) is 46.3 Å². The van der Waals surface area contributed by atoms with Crippen LogP contribution in [0.1, 0.15) is 11.6 Å². The van der Waals surface area contributed by atoms with E-state index in [-0.39, 0.29) is 5.78 Å². The van der Waals surface area contributed by atoms with Crippen LogP contribution in [0.4, 0.5) is 5.69 Å². The summed E-state index contributed by atoms with van der Waals surface area (Å²) in [4.78, 5) is 13.3. The van der Waals surface area contributed by atoms with Gasteiger partial charge in [0.1, 0.15) is 0 Å². The molecule has 1 aliphatic heterocycles. The van der Waals surface area contributed by atoms with E-state index in [1.54, 1.807) is 0 Å². The highest BCUT2D eigenvalue weighted by Gasteiger charge is 2.26. The van der Waals surface area contributed by atoms with E-state index in [0.717, 1.165) is 11.3 Å². The molecular formula is C10H12N2O. The van der Waals surface area contributed by atoms with Crippen molar-refractivity contribution in [2.75, 3.05) is 18.5 Å². The van der Waals surface area contributed by atoms with E-state index in [4.69, 9.17) is 5.73 Å². The first-order chi connectivity index (χ1) is 6.20. The third-order valence-corrected chi connectivity index (χ3v) is 2.42. The number of nitrogens with two attached hydrogens (primary N) is 1. The zero-order valence-electron chi connectivity index (χ0n) is 7.53. The summed E-state index contributed by atoms with van der Waals surface area (Å²) in [6, 6.07) is 7.32. The van der Waals surface area contributed by atoms with Gasteiger partial charge in [-0.25, -0.2) is 0 Å². The zero-order chi connectivity index (χ0) is 9.42. The number of ketones is 1. The Bertz CT molecular complexity index is 349. The van der Waals surface area contributed by atoms with Crippen LogP contribution in [0.15, 0.2) is 24.3 Å². The molecule has 1 aliphatic rings. The van der Waals surface area contributed by atoms with Crippen LogP contribution in [0.25, 0.3) is 0 Å². The van der Waals surface area contributed by atoms with Gasteiger partial charge in [0.2, 0.25) is 0 Å². The van der Waals surface area contributed by atoms with Crippen molar-refractivity contribution >= 4 is 11.5 Å². The second-order valence-electron chi connectivity index (χ2n) is 3.36. The maximum Gasteiger partial charge on any atom is 0.173 e. The van der Waals surface area contributed by atoms with Gasteiger partial charge < -0.3 is 10.6 Å². The van der Waals surface area contributed by atoms with Crippen LogP contribution in [-0.2, 0) is 4.79 Å². The molecule has 0 aliphatic carbocycles. The minimum atomic E-state index is -0.438. The van der Waals surface area contributed by atoms with Gasteiger partial charge >= 0.3 is 0 Å². The van der Waals surface area contributed by atoms with Gasteiger partial charge in [0.15, 0.2) is 5.78 Å². The number of nitrogens with zero attached hydrogens (tertiary/aromatic N) is 1. The van der Waals surface area contributed by atoms with Crippen molar-refractivity contribution in [3.05, 3.63) is 29.8 Å². The number of Topliss-reactive ketones (excluding diaryl/α,β-unsaturated/α-hetero) is 1. The number of carbonyl (C=O) groups is 1. The third-order valence-electron chi connectivity index (χ3n) is 2.42. The van der Waals surface area contributed by atoms with E-state index in [0.29, 0.717) is 6.54 Å². The molecule has 0 fully saturated rings. The molecule has 0 spiro atoms. The number of hydrogen-bond acceptors (Lipinski definition) is 3. The Hall–Kier alpha value is -1.35. The Balaban J connectivity index is 2.53. The van der Waals surface area contributed by atoms with Crippen LogP contribution in [-0.4, -0.2) is 19.4 Å². The highest BCUT2D eigenvalue weighted by Crippen LogP contribution is 2.28. The molecule has 2 N–H and O–H groups in total. The number of carbonyl (C=O) groups excluding carboxylic acids is 1. The molecule has 68 valence electrons. The Morgan fingerprint density at radius 2 is 2.15 bits per heavy atom. The first-order valence-electron chi connectivity index (χ1n) is 4.28. The molecule has 1 atom stereocenters. The van der Waals surface area contributed by atoms with Crippen molar-refractivity contribution in [1.82, 2.24) is 0 Å². The number of likely N-dealkylation sites (N-methyl/N-ethyl adjacent to an activating group) is 1. The first-order valence-corrected chi connectivity index (χ1v) is 4.28. The second-order valence-corrected chi connectivity index (χ2v) is 3.36. The van der Waals surface area contributed by atoms with Crippen molar-refractivity contribution in [3.63, 3.8) is 0 Å². The smallest absolute Gasteiger partial charge is 0.173 e. The van der Waals surface area contributed by atoms with Gasteiger partial charge in [-0.1, -0.05) is 18.2 Å². The van der Waals surface area contributed by atoms with Crippen LogP contribution >= 0.6 is 0 Å². The number of anilines is 1. The minimum absolute atomic E-state index is 0.0844. The van der Waals surface area contributed by atoms with Crippen LogP contribution in [0, 0.1) is 0 Å². The number of para-hydroxylation sites is 1. The fourth-order valence-electron chi connectivity index (χ4n) is 1.69. The molecule has 1 unspecified atom stereocenters. The molecule has 1 aromatic rings. The minimum Gasteiger partial charge on any atom is -0.367 e. The normalized spacial score (nSPS) is 21.5. The van der Waals surface area contributed by atoms with Gasteiger partial charge in [-0.15, -0.1) is 0 Å². The average Bonchev–Trinajstić information content (AvgIpc) is 2.15. The fourth-order valence-corrected chi connectivity index (χ4v) is 1.69. The van der Waals surface area contributed by atoms with Crippen molar-refractivity contribution in [3.8, 4) is 0 Å². The lowest BCUT2D eigenvalue weighted by Gasteiger charge is -2.29. The molecule has 1 heterocycles. The molecule has 0 amide bonds. The second kappa shape index (κ2) is 2.85. The lowest BCUT2D eigenvalue weighted by atomic mass is 9.97. The SMILES string of the molecule is CN1CC(=O)C(N)c2ccccc21. The van der Waals surface area contributed by atoms with E-state index < -0.39 is 6.04 Å². The Morgan fingerprint density at radius 1 is 1.46 bits per heavy atom. The van der Waals surface area contributed by atoms with E-state index in [2.05, 4.69) is 0 Å². The highest BCUT2D eigenvalue weighted by atomic mass is 16.1. The van der Waals surface area contributed by atoms with Crippen molar-refractivity contribution in [2.24, 2.45) is 5.73 Å². The maximum absolute atomic E-state index is 11.4. The van der Waals surface area contributed by atoms with Crippen molar-refractivity contribution in [1.29, 1.82) is 0 Å². The molecule has 2 rings (SSSR count). The number of fused-ring (bicyclic) bond motifs is 1. The summed E-state index contributed by atoms with van der Waals surface area (Å²) in [5, 5.41) is 0. The lowest BCUT2D eigenvalue weighted by molar-refractivity contribution is -0.119. The highest BCUT2D eigenvalue weighted by molar-refractivity contribution is 5.93. The van der Waals surface area contributed by atoms with Crippen LogP contribution in [0.5, 0.6) is 0 Å². The molecule has 0 aromatic heterocycles. The summed E-state index contributed by atoms with van der Waals surface area (Å²) < 4.78 is 0. The summed E-state index contributed by atoms with van der Waals surface area (Å²) >= 11 is 0. The molecule has 0 bridgehead atoms. The summed E-state index contributed by atoms with van der Waals surface area (Å²) in [7, 11) is 1.91. The Morgan fingerprint density at radius 3 is 2.92 bits per heavy atom. The monoisotopic (exact) mass is 176 g/mol. The molecule has 0 saturated heterocycles. The summed E-state index contributed by atoms with van der Waals surface area (Å²) in [5.41, 5.74) is 7.77. The standard InChI is InChI=1S/C10H12N2O/c1-12-6-9(13)10(11)7-4-2-3-5-8(7)12/h2-5,10H,6,11H2,1H3. The molecule has 1 aromatic carbocycles. The largest absolute Gasteiger partial charge is 0.367 e. The Labute approximate surface area is 77.1 Å². The molecule has 0 saturated carbocycles. The molecule has 13 heavy (non-hydrogen) atoms. The van der Waals surface area contributed by atoms with Gasteiger partial charge in [-0.05, 0) is 11.6 Å². The van der Waals surface area contributed by atoms with Crippen molar-refractivity contribution < 1.29 is 4.79 Å². The predicted molar refractivity (Wildman–Crippen MR) is 51.6 cm³/mol. The molecular weight excluding hydrogens is 164 g/mol. The van der Waals surface area contributed by atoms with Crippen LogP contribution < -0.4 is 10.6 Å². The van der Waals surface area contributed by atoms with Crippen LogP contribution in [0.2, 0.25) is 0 Å².